The van der Waals surface area contributed by atoms with Crippen molar-refractivity contribution in [1.29, 1.82) is 0 Å². The Morgan fingerprint density at radius 1 is 1.00 bits per heavy atom. The number of rotatable bonds is 3. The van der Waals surface area contributed by atoms with Crippen LogP contribution in [0.5, 0.6) is 0 Å². The van der Waals surface area contributed by atoms with Crippen LogP contribution in [0.4, 0.5) is 0 Å². The molecule has 0 radical (unpaired) electrons. The second-order valence-electron chi connectivity index (χ2n) is 6.00. The van der Waals surface area contributed by atoms with Crippen molar-refractivity contribution in [2.24, 2.45) is 0 Å². The second kappa shape index (κ2) is 4.71. The Morgan fingerprint density at radius 2 is 1.68 bits per heavy atom. The van der Waals surface area contributed by atoms with Gasteiger partial charge in [0.2, 0.25) is 9.84 Å². The molecule has 0 atom stereocenters. The molecule has 0 spiro atoms. The van der Waals surface area contributed by atoms with Gasteiger partial charge < -0.3 is 4.98 Å². The zero-order chi connectivity index (χ0) is 15.3. The van der Waals surface area contributed by atoms with E-state index in [4.69, 9.17) is 0 Å². The fourth-order valence-corrected chi connectivity index (χ4v) is 4.63. The number of aromatic nitrogens is 1. The molecule has 1 aromatic heterocycles. The smallest absolute Gasteiger partial charge is 0.208 e. The fourth-order valence-electron chi connectivity index (χ4n) is 2.92. The lowest BCUT2D eigenvalue weighted by Crippen LogP contribution is -2.04. The molecule has 0 saturated heterocycles. The van der Waals surface area contributed by atoms with Crippen LogP contribution in [0.2, 0.25) is 0 Å². The molecule has 1 N–H and O–H groups in total. The number of hydrogen-bond donors (Lipinski definition) is 1. The molecule has 1 saturated carbocycles. The van der Waals surface area contributed by atoms with Crippen LogP contribution < -0.4 is 0 Å². The number of aryl methyl sites for hydroxylation is 1. The summed E-state index contributed by atoms with van der Waals surface area (Å²) in [7, 11) is -3.51. The number of fused-ring (bicyclic) bond motifs is 1. The first kappa shape index (κ1) is 13.6. The van der Waals surface area contributed by atoms with Crippen molar-refractivity contribution < 1.29 is 8.42 Å². The highest BCUT2D eigenvalue weighted by molar-refractivity contribution is 7.91. The van der Waals surface area contributed by atoms with Crippen LogP contribution in [0.25, 0.3) is 10.9 Å². The monoisotopic (exact) mass is 311 g/mol. The van der Waals surface area contributed by atoms with Gasteiger partial charge in [-0.3, -0.25) is 0 Å². The normalized spacial score (nSPS) is 15.3. The fraction of sp³-hybridized carbons (Fsp3) is 0.222. The summed E-state index contributed by atoms with van der Waals surface area (Å²) in [5, 5.41) is 0.796. The minimum Gasteiger partial charge on any atom is -0.357 e. The SMILES string of the molecule is Cc1ccc(S(=O)(=O)c2c(C3CC3)[nH]c3ccccc23)cc1. The topological polar surface area (TPSA) is 49.9 Å². The van der Waals surface area contributed by atoms with Crippen molar-refractivity contribution >= 4 is 20.7 Å². The maximum absolute atomic E-state index is 13.2. The van der Waals surface area contributed by atoms with E-state index in [9.17, 15) is 8.42 Å². The minimum absolute atomic E-state index is 0.350. The van der Waals surface area contributed by atoms with Gasteiger partial charge in [0.15, 0.2) is 0 Å². The number of para-hydroxylation sites is 1. The van der Waals surface area contributed by atoms with Gasteiger partial charge in [-0.25, -0.2) is 8.42 Å². The molecule has 0 unspecified atom stereocenters. The van der Waals surface area contributed by atoms with E-state index in [-0.39, 0.29) is 0 Å². The summed E-state index contributed by atoms with van der Waals surface area (Å²) in [6.45, 7) is 1.96. The minimum atomic E-state index is -3.51. The summed E-state index contributed by atoms with van der Waals surface area (Å²) >= 11 is 0. The third-order valence-electron chi connectivity index (χ3n) is 4.27. The molecule has 0 bridgehead atoms. The Labute approximate surface area is 129 Å². The third kappa shape index (κ3) is 2.06. The predicted molar refractivity (Wildman–Crippen MR) is 86.9 cm³/mol. The van der Waals surface area contributed by atoms with Crippen LogP contribution in [-0.2, 0) is 9.84 Å². The average Bonchev–Trinajstić information content (AvgIpc) is 3.27. The first-order valence-corrected chi connectivity index (χ1v) is 8.98. The van der Waals surface area contributed by atoms with Gasteiger partial charge in [-0.1, -0.05) is 35.9 Å². The number of H-pyrrole nitrogens is 1. The molecule has 4 rings (SSSR count). The molecule has 1 aliphatic rings. The standard InChI is InChI=1S/C18H17NO2S/c1-12-6-10-14(11-7-12)22(20,21)18-15-4-2-3-5-16(15)19-17(18)13-8-9-13/h2-7,10-11,13,19H,8-9H2,1H3. The van der Waals surface area contributed by atoms with Gasteiger partial charge in [0, 0.05) is 22.5 Å². The number of aromatic amines is 1. The lowest BCUT2D eigenvalue weighted by molar-refractivity contribution is 0.595. The maximum Gasteiger partial charge on any atom is 0.208 e. The molecule has 2 aromatic carbocycles. The molecule has 3 aromatic rings. The first-order valence-electron chi connectivity index (χ1n) is 7.50. The van der Waals surface area contributed by atoms with E-state index >= 15 is 0 Å². The van der Waals surface area contributed by atoms with Gasteiger partial charge in [-0.15, -0.1) is 0 Å². The van der Waals surface area contributed by atoms with Crippen LogP contribution >= 0.6 is 0 Å². The van der Waals surface area contributed by atoms with Crippen LogP contribution in [0.1, 0.15) is 30.0 Å². The van der Waals surface area contributed by atoms with E-state index in [0.29, 0.717) is 15.7 Å². The van der Waals surface area contributed by atoms with E-state index < -0.39 is 9.84 Å². The molecule has 0 aliphatic heterocycles. The Kier molecular flexibility index (Phi) is 2.91. The van der Waals surface area contributed by atoms with Gasteiger partial charge in [0.25, 0.3) is 0 Å². The number of nitrogens with one attached hydrogen (secondary N) is 1. The second-order valence-corrected chi connectivity index (χ2v) is 7.89. The van der Waals surface area contributed by atoms with Gasteiger partial charge in [-0.05, 0) is 38.0 Å². The summed E-state index contributed by atoms with van der Waals surface area (Å²) in [6.07, 6.45) is 2.12. The largest absolute Gasteiger partial charge is 0.357 e. The highest BCUT2D eigenvalue weighted by Crippen LogP contribution is 2.45. The van der Waals surface area contributed by atoms with Crippen molar-refractivity contribution in [2.75, 3.05) is 0 Å². The van der Waals surface area contributed by atoms with Crippen LogP contribution in [-0.4, -0.2) is 13.4 Å². The molecule has 112 valence electrons. The molecule has 0 amide bonds. The van der Waals surface area contributed by atoms with Crippen molar-refractivity contribution in [3.8, 4) is 0 Å². The summed E-state index contributed by atoms with van der Waals surface area (Å²) in [6, 6.07) is 14.7. The molecule has 22 heavy (non-hydrogen) atoms. The molecule has 3 nitrogen and oxygen atoms in total. The lowest BCUT2D eigenvalue weighted by atomic mass is 10.2. The molecule has 1 heterocycles. The average molecular weight is 311 g/mol. The maximum atomic E-state index is 13.2. The molecule has 1 fully saturated rings. The first-order chi connectivity index (χ1) is 10.6. The van der Waals surface area contributed by atoms with E-state index in [1.54, 1.807) is 12.1 Å². The van der Waals surface area contributed by atoms with Crippen molar-refractivity contribution in [3.05, 3.63) is 59.8 Å². The van der Waals surface area contributed by atoms with E-state index in [1.807, 2.05) is 43.3 Å². The quantitative estimate of drug-likeness (QED) is 0.788. The Hall–Kier alpha value is -2.07. The van der Waals surface area contributed by atoms with E-state index in [2.05, 4.69) is 4.98 Å². The summed E-state index contributed by atoms with van der Waals surface area (Å²) in [5.41, 5.74) is 2.83. The van der Waals surface area contributed by atoms with Gasteiger partial charge in [0.05, 0.1) is 4.90 Å². The van der Waals surface area contributed by atoms with E-state index in [0.717, 1.165) is 35.0 Å². The van der Waals surface area contributed by atoms with Gasteiger partial charge in [0.1, 0.15) is 4.90 Å². The molecule has 1 aliphatic carbocycles. The number of hydrogen-bond acceptors (Lipinski definition) is 2. The van der Waals surface area contributed by atoms with Crippen LogP contribution in [0.3, 0.4) is 0 Å². The van der Waals surface area contributed by atoms with Crippen LogP contribution in [0.15, 0.2) is 58.3 Å². The van der Waals surface area contributed by atoms with Crippen LogP contribution in [0, 0.1) is 6.92 Å². The highest BCUT2D eigenvalue weighted by atomic mass is 32.2. The van der Waals surface area contributed by atoms with Crippen molar-refractivity contribution in [3.63, 3.8) is 0 Å². The summed E-state index contributed by atoms with van der Waals surface area (Å²) in [5.74, 6) is 0.350. The third-order valence-corrected chi connectivity index (χ3v) is 6.14. The molecular weight excluding hydrogens is 294 g/mol. The predicted octanol–water partition coefficient (Wildman–Crippen LogP) is 4.19. The number of sulfone groups is 1. The molecule has 4 heteroatoms. The van der Waals surface area contributed by atoms with E-state index in [1.165, 1.54) is 0 Å². The zero-order valence-corrected chi connectivity index (χ0v) is 13.2. The zero-order valence-electron chi connectivity index (χ0n) is 12.3. The Bertz CT molecular complexity index is 948. The molecular formula is C18H17NO2S. The van der Waals surface area contributed by atoms with Gasteiger partial charge >= 0.3 is 0 Å². The lowest BCUT2D eigenvalue weighted by Gasteiger charge is -2.07. The van der Waals surface area contributed by atoms with Crippen molar-refractivity contribution in [2.45, 2.75) is 35.5 Å². The summed E-state index contributed by atoms with van der Waals surface area (Å²) < 4.78 is 26.3. The highest BCUT2D eigenvalue weighted by Gasteiger charge is 2.34. The van der Waals surface area contributed by atoms with Crippen molar-refractivity contribution in [1.82, 2.24) is 4.98 Å². The number of benzene rings is 2. The Morgan fingerprint density at radius 3 is 2.36 bits per heavy atom. The summed E-state index contributed by atoms with van der Waals surface area (Å²) in [4.78, 5) is 4.17. The Balaban J connectivity index is 1.99. The van der Waals surface area contributed by atoms with Gasteiger partial charge in [-0.2, -0.15) is 0 Å².